The highest BCUT2D eigenvalue weighted by Gasteiger charge is 2.16. The minimum absolute atomic E-state index is 0.454. The van der Waals surface area contributed by atoms with Gasteiger partial charge in [0.15, 0.2) is 0 Å². The highest BCUT2D eigenvalue weighted by Crippen LogP contribution is 2.09. The first-order chi connectivity index (χ1) is 11.8. The van der Waals surface area contributed by atoms with Gasteiger partial charge in [-0.05, 0) is 17.7 Å². The van der Waals surface area contributed by atoms with Crippen LogP contribution in [0.1, 0.15) is 11.3 Å². The SMILES string of the molecule is N#Cc1ccc(NCCN2CCN(Cc3ccccc3)CC2)cn1. The second-order valence-corrected chi connectivity index (χ2v) is 6.07. The number of anilines is 1. The van der Waals surface area contributed by atoms with Crippen molar-refractivity contribution in [2.45, 2.75) is 6.54 Å². The number of hydrogen-bond donors (Lipinski definition) is 1. The monoisotopic (exact) mass is 321 g/mol. The quantitative estimate of drug-likeness (QED) is 0.884. The van der Waals surface area contributed by atoms with Crippen LogP contribution in [0.4, 0.5) is 5.69 Å². The standard InChI is InChI=1S/C19H23N5/c20-14-18-6-7-19(15-22-18)21-8-9-23-10-12-24(13-11-23)16-17-4-2-1-3-5-17/h1-7,15,21H,8-13,16H2. The molecule has 0 radical (unpaired) electrons. The normalized spacial score (nSPS) is 15.8. The van der Waals surface area contributed by atoms with Crippen LogP contribution in [0.25, 0.3) is 0 Å². The zero-order chi connectivity index (χ0) is 16.6. The minimum Gasteiger partial charge on any atom is -0.383 e. The van der Waals surface area contributed by atoms with Crippen molar-refractivity contribution >= 4 is 5.69 Å². The van der Waals surface area contributed by atoms with Crippen molar-refractivity contribution in [3.05, 3.63) is 59.9 Å². The summed E-state index contributed by atoms with van der Waals surface area (Å²) in [5, 5.41) is 12.1. The van der Waals surface area contributed by atoms with Gasteiger partial charge in [-0.1, -0.05) is 30.3 Å². The van der Waals surface area contributed by atoms with E-state index in [-0.39, 0.29) is 0 Å². The van der Waals surface area contributed by atoms with Gasteiger partial charge in [0, 0.05) is 45.8 Å². The minimum atomic E-state index is 0.454. The lowest BCUT2D eigenvalue weighted by Crippen LogP contribution is -2.47. The molecule has 2 aromatic rings. The molecule has 1 aliphatic rings. The Morgan fingerprint density at radius 1 is 1.00 bits per heavy atom. The Balaban J connectivity index is 1.35. The molecule has 0 bridgehead atoms. The Labute approximate surface area is 143 Å². The highest BCUT2D eigenvalue weighted by atomic mass is 15.3. The van der Waals surface area contributed by atoms with E-state index >= 15 is 0 Å². The largest absolute Gasteiger partial charge is 0.383 e. The summed E-state index contributed by atoms with van der Waals surface area (Å²) >= 11 is 0. The molecule has 1 N–H and O–H groups in total. The third-order valence-electron chi connectivity index (χ3n) is 4.35. The van der Waals surface area contributed by atoms with Gasteiger partial charge in [0.1, 0.15) is 11.8 Å². The van der Waals surface area contributed by atoms with E-state index in [9.17, 15) is 0 Å². The first-order valence-corrected chi connectivity index (χ1v) is 8.42. The molecule has 1 fully saturated rings. The first kappa shape index (κ1) is 16.4. The molecule has 0 atom stereocenters. The zero-order valence-electron chi connectivity index (χ0n) is 13.9. The molecule has 24 heavy (non-hydrogen) atoms. The number of aromatic nitrogens is 1. The number of benzene rings is 1. The molecule has 1 saturated heterocycles. The van der Waals surface area contributed by atoms with Crippen molar-refractivity contribution < 1.29 is 0 Å². The number of pyridine rings is 1. The number of nitriles is 1. The van der Waals surface area contributed by atoms with Gasteiger partial charge >= 0.3 is 0 Å². The summed E-state index contributed by atoms with van der Waals surface area (Å²) in [6.07, 6.45) is 1.72. The molecule has 124 valence electrons. The second-order valence-electron chi connectivity index (χ2n) is 6.07. The predicted octanol–water partition coefficient (Wildman–Crippen LogP) is 2.18. The second kappa shape index (κ2) is 8.44. The van der Waals surface area contributed by atoms with Crippen LogP contribution in [0.2, 0.25) is 0 Å². The highest BCUT2D eigenvalue weighted by molar-refractivity contribution is 5.42. The fraction of sp³-hybridized carbons (Fsp3) is 0.368. The average Bonchev–Trinajstić information content (AvgIpc) is 2.65. The van der Waals surface area contributed by atoms with Crippen LogP contribution in [0, 0.1) is 11.3 Å². The van der Waals surface area contributed by atoms with Crippen LogP contribution in [0.5, 0.6) is 0 Å². The van der Waals surface area contributed by atoms with Crippen molar-refractivity contribution in [3.8, 4) is 6.07 Å². The van der Waals surface area contributed by atoms with E-state index in [4.69, 9.17) is 5.26 Å². The summed E-state index contributed by atoms with van der Waals surface area (Å²) in [6, 6.07) is 16.4. The van der Waals surface area contributed by atoms with E-state index in [2.05, 4.69) is 50.4 Å². The van der Waals surface area contributed by atoms with Gasteiger partial charge in [-0.25, -0.2) is 4.98 Å². The van der Waals surface area contributed by atoms with Gasteiger partial charge in [0.2, 0.25) is 0 Å². The van der Waals surface area contributed by atoms with E-state index in [0.29, 0.717) is 5.69 Å². The van der Waals surface area contributed by atoms with Gasteiger partial charge in [-0.15, -0.1) is 0 Å². The lowest BCUT2D eigenvalue weighted by molar-refractivity contribution is 0.130. The molecular formula is C19H23N5. The summed E-state index contributed by atoms with van der Waals surface area (Å²) in [7, 11) is 0. The third-order valence-corrected chi connectivity index (χ3v) is 4.35. The van der Waals surface area contributed by atoms with Crippen molar-refractivity contribution in [1.82, 2.24) is 14.8 Å². The summed E-state index contributed by atoms with van der Waals surface area (Å²) in [6.45, 7) is 7.43. The Hall–Kier alpha value is -2.42. The van der Waals surface area contributed by atoms with E-state index in [1.165, 1.54) is 5.56 Å². The summed E-state index contributed by atoms with van der Waals surface area (Å²) < 4.78 is 0. The van der Waals surface area contributed by atoms with Crippen molar-refractivity contribution in [1.29, 1.82) is 5.26 Å². The molecular weight excluding hydrogens is 298 g/mol. The molecule has 3 rings (SSSR count). The maximum atomic E-state index is 8.75. The molecule has 5 heteroatoms. The van der Waals surface area contributed by atoms with E-state index in [0.717, 1.165) is 51.5 Å². The van der Waals surface area contributed by atoms with Crippen LogP contribution in [-0.2, 0) is 6.54 Å². The lowest BCUT2D eigenvalue weighted by Gasteiger charge is -2.34. The van der Waals surface area contributed by atoms with Crippen molar-refractivity contribution in [2.24, 2.45) is 0 Å². The molecule has 0 spiro atoms. The van der Waals surface area contributed by atoms with E-state index < -0.39 is 0 Å². The first-order valence-electron chi connectivity index (χ1n) is 8.42. The Kier molecular flexibility index (Phi) is 5.78. The van der Waals surface area contributed by atoms with Gasteiger partial charge in [-0.2, -0.15) is 5.26 Å². The molecule has 1 aliphatic heterocycles. The van der Waals surface area contributed by atoms with Crippen LogP contribution < -0.4 is 5.32 Å². The van der Waals surface area contributed by atoms with Gasteiger partial charge in [-0.3, -0.25) is 9.80 Å². The molecule has 1 aromatic heterocycles. The Morgan fingerprint density at radius 3 is 2.42 bits per heavy atom. The van der Waals surface area contributed by atoms with E-state index in [1.54, 1.807) is 12.3 Å². The fourth-order valence-electron chi connectivity index (χ4n) is 2.94. The predicted molar refractivity (Wildman–Crippen MR) is 95.6 cm³/mol. The van der Waals surface area contributed by atoms with Crippen LogP contribution >= 0.6 is 0 Å². The molecule has 0 amide bonds. The Bertz CT molecular complexity index is 654. The molecule has 0 aliphatic carbocycles. The van der Waals surface area contributed by atoms with Gasteiger partial charge in [0.25, 0.3) is 0 Å². The fourth-order valence-corrected chi connectivity index (χ4v) is 2.94. The zero-order valence-corrected chi connectivity index (χ0v) is 13.9. The van der Waals surface area contributed by atoms with Crippen molar-refractivity contribution in [2.75, 3.05) is 44.6 Å². The van der Waals surface area contributed by atoms with Gasteiger partial charge < -0.3 is 5.32 Å². The van der Waals surface area contributed by atoms with Crippen LogP contribution in [0.3, 0.4) is 0 Å². The molecule has 1 aromatic carbocycles. The number of nitrogens with one attached hydrogen (secondary N) is 1. The van der Waals surface area contributed by atoms with Crippen LogP contribution in [-0.4, -0.2) is 54.1 Å². The molecule has 0 unspecified atom stereocenters. The van der Waals surface area contributed by atoms with Gasteiger partial charge in [0.05, 0.1) is 11.9 Å². The lowest BCUT2D eigenvalue weighted by atomic mass is 10.2. The average molecular weight is 321 g/mol. The van der Waals surface area contributed by atoms with Crippen molar-refractivity contribution in [3.63, 3.8) is 0 Å². The summed E-state index contributed by atoms with van der Waals surface area (Å²) in [4.78, 5) is 9.08. The number of rotatable bonds is 6. The van der Waals surface area contributed by atoms with E-state index in [1.807, 2.05) is 12.1 Å². The molecule has 5 nitrogen and oxygen atoms in total. The summed E-state index contributed by atoms with van der Waals surface area (Å²) in [5.74, 6) is 0. The number of piperazine rings is 1. The number of nitrogens with zero attached hydrogens (tertiary/aromatic N) is 4. The maximum Gasteiger partial charge on any atom is 0.140 e. The molecule has 0 saturated carbocycles. The summed E-state index contributed by atoms with van der Waals surface area (Å²) in [5.41, 5.74) is 2.81. The number of hydrogen-bond acceptors (Lipinski definition) is 5. The maximum absolute atomic E-state index is 8.75. The third kappa shape index (κ3) is 4.79. The molecule has 2 heterocycles. The topological polar surface area (TPSA) is 55.2 Å². The smallest absolute Gasteiger partial charge is 0.140 e. The van der Waals surface area contributed by atoms with Crippen LogP contribution in [0.15, 0.2) is 48.7 Å². The Morgan fingerprint density at radius 2 is 1.75 bits per heavy atom.